The lowest BCUT2D eigenvalue weighted by molar-refractivity contribution is 0.0464. The minimum Gasteiger partial charge on any atom is -0.456 e. The molecule has 0 bridgehead atoms. The molecule has 0 radical (unpaired) electrons. The zero-order valence-electron chi connectivity index (χ0n) is 10.4. The average molecular weight is 242 g/mol. The second-order valence-corrected chi connectivity index (χ2v) is 4.05. The molecule has 1 aromatic carbocycles. The van der Waals surface area contributed by atoms with Gasteiger partial charge in [-0.15, -0.1) is 0 Å². The number of carbonyl (C=O) groups excluding carboxylic acids is 1. The van der Waals surface area contributed by atoms with E-state index in [4.69, 9.17) is 4.74 Å². The highest BCUT2D eigenvalue weighted by Gasteiger charge is 2.09. The Bertz CT molecular complexity index is 550. The van der Waals surface area contributed by atoms with Gasteiger partial charge in [-0.25, -0.2) is 9.78 Å². The first-order chi connectivity index (χ1) is 8.66. The summed E-state index contributed by atoms with van der Waals surface area (Å²) in [6, 6.07) is 7.78. The lowest BCUT2D eigenvalue weighted by atomic mass is 10.1. The van der Waals surface area contributed by atoms with Crippen LogP contribution in [0, 0.1) is 13.8 Å². The van der Waals surface area contributed by atoms with Crippen LogP contribution < -0.4 is 0 Å². The highest BCUT2D eigenvalue weighted by atomic mass is 16.5. The van der Waals surface area contributed by atoms with E-state index in [9.17, 15) is 4.79 Å². The normalized spacial score (nSPS) is 10.1. The van der Waals surface area contributed by atoms with E-state index in [1.54, 1.807) is 6.20 Å². The molecule has 18 heavy (non-hydrogen) atoms. The van der Waals surface area contributed by atoms with E-state index in [0.29, 0.717) is 0 Å². The van der Waals surface area contributed by atoms with Crippen LogP contribution in [0.2, 0.25) is 0 Å². The lowest BCUT2D eigenvalue weighted by Gasteiger charge is -2.06. The summed E-state index contributed by atoms with van der Waals surface area (Å²) in [6.07, 6.45) is 2.97. The maximum atomic E-state index is 11.7. The molecule has 1 heterocycles. The van der Waals surface area contributed by atoms with Gasteiger partial charge in [0.2, 0.25) is 0 Å². The monoisotopic (exact) mass is 242 g/mol. The van der Waals surface area contributed by atoms with Crippen molar-refractivity contribution in [2.45, 2.75) is 20.5 Å². The first kappa shape index (κ1) is 12.2. The van der Waals surface area contributed by atoms with Crippen molar-refractivity contribution in [3.8, 4) is 0 Å². The molecule has 0 N–H and O–H groups in total. The van der Waals surface area contributed by atoms with Gasteiger partial charge in [0.1, 0.15) is 6.61 Å². The SMILES string of the molecule is Cc1cnc(C(=O)OCc2ccccc2C)cn1. The number of aromatic nitrogens is 2. The molecular formula is C14H14N2O2. The highest BCUT2D eigenvalue weighted by molar-refractivity contribution is 5.86. The van der Waals surface area contributed by atoms with E-state index in [-0.39, 0.29) is 12.3 Å². The lowest BCUT2D eigenvalue weighted by Crippen LogP contribution is -2.08. The fourth-order valence-corrected chi connectivity index (χ4v) is 1.49. The van der Waals surface area contributed by atoms with Crippen molar-refractivity contribution < 1.29 is 9.53 Å². The Morgan fingerprint density at radius 3 is 2.61 bits per heavy atom. The Morgan fingerprint density at radius 2 is 1.94 bits per heavy atom. The number of aryl methyl sites for hydroxylation is 2. The van der Waals surface area contributed by atoms with Crippen LogP contribution >= 0.6 is 0 Å². The minimum atomic E-state index is -0.453. The van der Waals surface area contributed by atoms with Crippen LogP contribution in [0.25, 0.3) is 0 Å². The van der Waals surface area contributed by atoms with Crippen molar-refractivity contribution in [1.29, 1.82) is 0 Å². The van der Waals surface area contributed by atoms with Gasteiger partial charge in [0.25, 0.3) is 0 Å². The Morgan fingerprint density at radius 1 is 1.17 bits per heavy atom. The second kappa shape index (κ2) is 5.40. The van der Waals surface area contributed by atoms with Gasteiger partial charge < -0.3 is 4.74 Å². The summed E-state index contributed by atoms with van der Waals surface area (Å²) >= 11 is 0. The van der Waals surface area contributed by atoms with Crippen LogP contribution in [-0.2, 0) is 11.3 Å². The molecule has 0 saturated carbocycles. The van der Waals surface area contributed by atoms with Gasteiger partial charge in [0, 0.05) is 6.20 Å². The smallest absolute Gasteiger partial charge is 0.358 e. The van der Waals surface area contributed by atoms with Crippen molar-refractivity contribution in [2.24, 2.45) is 0 Å². The van der Waals surface area contributed by atoms with Crippen LogP contribution in [0.15, 0.2) is 36.7 Å². The molecule has 4 nitrogen and oxygen atoms in total. The molecule has 0 unspecified atom stereocenters. The molecule has 0 amide bonds. The maximum Gasteiger partial charge on any atom is 0.358 e. The Kier molecular flexibility index (Phi) is 3.67. The second-order valence-electron chi connectivity index (χ2n) is 4.05. The third-order valence-corrected chi connectivity index (χ3v) is 2.61. The molecule has 0 fully saturated rings. The van der Waals surface area contributed by atoms with Crippen molar-refractivity contribution >= 4 is 5.97 Å². The fraction of sp³-hybridized carbons (Fsp3) is 0.214. The summed E-state index contributed by atoms with van der Waals surface area (Å²) in [5.74, 6) is -0.453. The van der Waals surface area contributed by atoms with E-state index in [1.165, 1.54) is 6.20 Å². The summed E-state index contributed by atoms with van der Waals surface area (Å²) in [4.78, 5) is 19.7. The zero-order valence-corrected chi connectivity index (χ0v) is 10.4. The molecule has 0 aliphatic rings. The van der Waals surface area contributed by atoms with Crippen LogP contribution in [0.5, 0.6) is 0 Å². The molecule has 0 atom stereocenters. The topological polar surface area (TPSA) is 52.1 Å². The Balaban J connectivity index is 2.01. The quantitative estimate of drug-likeness (QED) is 0.776. The van der Waals surface area contributed by atoms with Crippen LogP contribution in [0.1, 0.15) is 27.3 Å². The summed E-state index contributed by atoms with van der Waals surface area (Å²) in [6.45, 7) is 4.05. The van der Waals surface area contributed by atoms with E-state index in [1.807, 2.05) is 38.1 Å². The van der Waals surface area contributed by atoms with E-state index in [0.717, 1.165) is 16.8 Å². The summed E-state index contributed by atoms with van der Waals surface area (Å²) < 4.78 is 5.19. The van der Waals surface area contributed by atoms with Crippen molar-refractivity contribution in [1.82, 2.24) is 9.97 Å². The first-order valence-corrected chi connectivity index (χ1v) is 5.67. The zero-order chi connectivity index (χ0) is 13.0. The minimum absolute atomic E-state index is 0.231. The molecule has 1 aromatic heterocycles. The average Bonchev–Trinajstić information content (AvgIpc) is 2.38. The highest BCUT2D eigenvalue weighted by Crippen LogP contribution is 2.09. The molecule has 2 rings (SSSR count). The predicted molar refractivity (Wildman–Crippen MR) is 67.1 cm³/mol. The van der Waals surface area contributed by atoms with Gasteiger partial charge in [-0.05, 0) is 25.0 Å². The summed E-state index contributed by atoms with van der Waals surface area (Å²) in [5, 5.41) is 0. The number of hydrogen-bond acceptors (Lipinski definition) is 4. The maximum absolute atomic E-state index is 11.7. The van der Waals surface area contributed by atoms with Gasteiger partial charge in [-0.1, -0.05) is 24.3 Å². The molecular weight excluding hydrogens is 228 g/mol. The van der Waals surface area contributed by atoms with Crippen LogP contribution in [-0.4, -0.2) is 15.9 Å². The number of benzene rings is 1. The van der Waals surface area contributed by atoms with E-state index in [2.05, 4.69) is 9.97 Å². The van der Waals surface area contributed by atoms with Gasteiger partial charge in [0.15, 0.2) is 5.69 Å². The third kappa shape index (κ3) is 2.91. The summed E-state index contributed by atoms with van der Waals surface area (Å²) in [7, 11) is 0. The van der Waals surface area contributed by atoms with E-state index >= 15 is 0 Å². The largest absolute Gasteiger partial charge is 0.456 e. The van der Waals surface area contributed by atoms with Crippen molar-refractivity contribution in [3.63, 3.8) is 0 Å². The van der Waals surface area contributed by atoms with Gasteiger partial charge in [0.05, 0.1) is 11.9 Å². The van der Waals surface area contributed by atoms with Gasteiger partial charge in [-0.2, -0.15) is 0 Å². The number of rotatable bonds is 3. The molecule has 4 heteroatoms. The van der Waals surface area contributed by atoms with Gasteiger partial charge in [-0.3, -0.25) is 4.98 Å². The molecule has 0 spiro atoms. The fourth-order valence-electron chi connectivity index (χ4n) is 1.49. The third-order valence-electron chi connectivity index (χ3n) is 2.61. The predicted octanol–water partition coefficient (Wildman–Crippen LogP) is 2.45. The molecule has 92 valence electrons. The number of ether oxygens (including phenoxy) is 1. The van der Waals surface area contributed by atoms with Gasteiger partial charge >= 0.3 is 5.97 Å². The molecule has 2 aromatic rings. The standard InChI is InChI=1S/C14H14N2O2/c1-10-5-3-4-6-12(10)9-18-14(17)13-8-15-11(2)7-16-13/h3-8H,9H2,1-2H3. The van der Waals surface area contributed by atoms with E-state index < -0.39 is 5.97 Å². The van der Waals surface area contributed by atoms with Crippen LogP contribution in [0.3, 0.4) is 0 Å². The van der Waals surface area contributed by atoms with Crippen molar-refractivity contribution in [3.05, 3.63) is 59.2 Å². The number of carbonyl (C=O) groups is 1. The first-order valence-electron chi connectivity index (χ1n) is 5.67. The molecule has 0 aliphatic heterocycles. The molecule has 0 aliphatic carbocycles. The van der Waals surface area contributed by atoms with Crippen LogP contribution in [0.4, 0.5) is 0 Å². The Hall–Kier alpha value is -2.23. The number of esters is 1. The Labute approximate surface area is 106 Å². The number of nitrogens with zero attached hydrogens (tertiary/aromatic N) is 2. The number of hydrogen-bond donors (Lipinski definition) is 0. The molecule has 0 saturated heterocycles. The summed E-state index contributed by atoms with van der Waals surface area (Å²) in [5.41, 5.74) is 3.09. The van der Waals surface area contributed by atoms with Crippen molar-refractivity contribution in [2.75, 3.05) is 0 Å².